The second-order valence-corrected chi connectivity index (χ2v) is 10.2. The number of nitrogens with zero attached hydrogens (tertiary/aromatic N) is 1. The second-order valence-electron chi connectivity index (χ2n) is 10.2. The van der Waals surface area contributed by atoms with Gasteiger partial charge in [-0.3, -0.25) is 9.69 Å². The van der Waals surface area contributed by atoms with Crippen LogP contribution in [-0.4, -0.2) is 48.7 Å². The molecule has 2 unspecified atom stereocenters. The molecular formula is C28H31NO4. The van der Waals surface area contributed by atoms with Crippen molar-refractivity contribution in [3.05, 3.63) is 59.7 Å². The number of piperidine rings is 1. The molecule has 0 aromatic heterocycles. The highest BCUT2D eigenvalue weighted by Crippen LogP contribution is 2.45. The van der Waals surface area contributed by atoms with Crippen molar-refractivity contribution in [2.24, 2.45) is 11.8 Å². The number of hydrogen-bond acceptors (Lipinski definition) is 4. The van der Waals surface area contributed by atoms with Gasteiger partial charge < -0.3 is 9.47 Å². The lowest BCUT2D eigenvalue weighted by atomic mass is 9.76. The fourth-order valence-corrected chi connectivity index (χ4v) is 6.29. The van der Waals surface area contributed by atoms with Gasteiger partial charge in [-0.1, -0.05) is 67.8 Å². The Morgan fingerprint density at radius 3 is 2.09 bits per heavy atom. The number of carbonyl (C=O) groups excluding carboxylic acids is 2. The molecule has 2 heterocycles. The normalized spacial score (nSPS) is 26.3. The number of Topliss-reactive ketones (excluding diaryl/α,β-unsaturated/α-hetero) is 1. The van der Waals surface area contributed by atoms with Crippen molar-refractivity contribution < 1.29 is 19.1 Å². The van der Waals surface area contributed by atoms with Gasteiger partial charge in [0.15, 0.2) is 0 Å². The summed E-state index contributed by atoms with van der Waals surface area (Å²) in [6, 6.07) is 16.6. The van der Waals surface area contributed by atoms with E-state index in [9.17, 15) is 9.59 Å². The second kappa shape index (κ2) is 8.60. The molecule has 5 nitrogen and oxygen atoms in total. The standard InChI is InChI=1S/C28H31NO4/c30-27(12-18-6-5-7-18)19-13-20-15-32-16-21(14-19)29(20)28(31)33-17-26-24-10-3-1-8-22(24)23-9-2-4-11-25(23)26/h1-4,8-11,18-21,26H,5-7,12-17H2. The molecule has 0 spiro atoms. The van der Waals surface area contributed by atoms with Gasteiger partial charge in [-0.25, -0.2) is 4.79 Å². The van der Waals surface area contributed by atoms with E-state index in [0.29, 0.717) is 44.4 Å². The van der Waals surface area contributed by atoms with Crippen LogP contribution in [-0.2, 0) is 14.3 Å². The first kappa shape index (κ1) is 20.9. The van der Waals surface area contributed by atoms with Crippen LogP contribution >= 0.6 is 0 Å². The third-order valence-electron chi connectivity index (χ3n) is 8.24. The first-order valence-electron chi connectivity index (χ1n) is 12.4. The highest BCUT2D eigenvalue weighted by Gasteiger charge is 2.45. The minimum atomic E-state index is -0.264. The number of ether oxygens (including phenoxy) is 2. The molecule has 6 rings (SSSR count). The van der Waals surface area contributed by atoms with Gasteiger partial charge >= 0.3 is 6.09 Å². The predicted octanol–water partition coefficient (Wildman–Crippen LogP) is 5.17. The van der Waals surface area contributed by atoms with Crippen molar-refractivity contribution in [1.29, 1.82) is 0 Å². The van der Waals surface area contributed by atoms with E-state index in [2.05, 4.69) is 36.4 Å². The van der Waals surface area contributed by atoms with Gasteiger partial charge in [0.05, 0.1) is 25.3 Å². The molecule has 1 amide bonds. The molecule has 0 N–H and O–H groups in total. The zero-order valence-electron chi connectivity index (χ0n) is 18.9. The van der Waals surface area contributed by atoms with E-state index in [0.717, 1.165) is 6.42 Å². The van der Waals surface area contributed by atoms with Gasteiger partial charge in [-0.05, 0) is 41.0 Å². The maximum absolute atomic E-state index is 13.3. The first-order chi connectivity index (χ1) is 16.2. The number of carbonyl (C=O) groups is 2. The minimum absolute atomic E-state index is 0.0547. The number of morpholine rings is 1. The summed E-state index contributed by atoms with van der Waals surface area (Å²) in [5, 5.41) is 0. The average Bonchev–Trinajstić information content (AvgIpc) is 3.12. The summed E-state index contributed by atoms with van der Waals surface area (Å²) in [4.78, 5) is 28.0. The van der Waals surface area contributed by atoms with E-state index in [1.807, 2.05) is 17.0 Å². The van der Waals surface area contributed by atoms with Crippen LogP contribution in [0.15, 0.2) is 48.5 Å². The molecule has 4 aliphatic rings. The Hall–Kier alpha value is -2.66. The van der Waals surface area contributed by atoms with Crippen molar-refractivity contribution in [1.82, 2.24) is 4.90 Å². The van der Waals surface area contributed by atoms with E-state index in [4.69, 9.17) is 9.47 Å². The monoisotopic (exact) mass is 445 g/mol. The van der Waals surface area contributed by atoms with E-state index in [-0.39, 0.29) is 30.0 Å². The third-order valence-corrected chi connectivity index (χ3v) is 8.24. The van der Waals surface area contributed by atoms with Gasteiger partial charge in [0, 0.05) is 18.3 Å². The van der Waals surface area contributed by atoms with E-state index < -0.39 is 0 Å². The third kappa shape index (κ3) is 3.76. The van der Waals surface area contributed by atoms with Gasteiger partial charge in [0.25, 0.3) is 0 Å². The topological polar surface area (TPSA) is 55.8 Å². The Balaban J connectivity index is 1.14. The molecule has 2 aliphatic carbocycles. The molecule has 2 atom stereocenters. The minimum Gasteiger partial charge on any atom is -0.448 e. The van der Waals surface area contributed by atoms with Crippen molar-refractivity contribution in [2.75, 3.05) is 19.8 Å². The highest BCUT2D eigenvalue weighted by atomic mass is 16.6. The molecule has 2 aromatic carbocycles. The van der Waals surface area contributed by atoms with E-state index >= 15 is 0 Å². The largest absolute Gasteiger partial charge is 0.448 e. The molecule has 172 valence electrons. The Bertz CT molecular complexity index is 1000. The Morgan fingerprint density at radius 1 is 0.909 bits per heavy atom. The lowest BCUT2D eigenvalue weighted by Crippen LogP contribution is -2.60. The van der Waals surface area contributed by atoms with Gasteiger partial charge in [-0.15, -0.1) is 0 Å². The van der Waals surface area contributed by atoms with E-state index in [1.165, 1.54) is 41.5 Å². The lowest BCUT2D eigenvalue weighted by Gasteiger charge is -2.47. The summed E-state index contributed by atoms with van der Waals surface area (Å²) in [5.41, 5.74) is 4.89. The van der Waals surface area contributed by atoms with Crippen LogP contribution in [0.3, 0.4) is 0 Å². The number of amides is 1. The summed E-state index contributed by atoms with van der Waals surface area (Å²) in [5.74, 6) is 1.10. The number of fused-ring (bicyclic) bond motifs is 5. The highest BCUT2D eigenvalue weighted by molar-refractivity contribution is 5.82. The molecule has 2 aliphatic heterocycles. The molecule has 2 saturated heterocycles. The average molecular weight is 446 g/mol. The summed E-state index contributed by atoms with van der Waals surface area (Å²) in [6.45, 7) is 1.31. The predicted molar refractivity (Wildman–Crippen MR) is 125 cm³/mol. The van der Waals surface area contributed by atoms with Gasteiger partial charge in [-0.2, -0.15) is 0 Å². The fourth-order valence-electron chi connectivity index (χ4n) is 6.29. The smallest absolute Gasteiger partial charge is 0.410 e. The maximum atomic E-state index is 13.3. The summed E-state index contributed by atoms with van der Waals surface area (Å²) in [7, 11) is 0. The van der Waals surface area contributed by atoms with Crippen LogP contribution in [0, 0.1) is 11.8 Å². The lowest BCUT2D eigenvalue weighted by molar-refractivity contribution is -0.132. The summed E-state index contributed by atoms with van der Waals surface area (Å²) >= 11 is 0. The van der Waals surface area contributed by atoms with Crippen LogP contribution in [0.2, 0.25) is 0 Å². The number of hydrogen-bond donors (Lipinski definition) is 0. The zero-order chi connectivity index (χ0) is 22.4. The van der Waals surface area contributed by atoms with E-state index in [1.54, 1.807) is 0 Å². The molecule has 33 heavy (non-hydrogen) atoms. The van der Waals surface area contributed by atoms with Crippen molar-refractivity contribution in [3.63, 3.8) is 0 Å². The van der Waals surface area contributed by atoms with Crippen LogP contribution in [0.25, 0.3) is 11.1 Å². The SMILES string of the molecule is O=C(CC1CCC1)C1CC2COCC(C1)N2C(=O)OCC1c2ccccc2-c2ccccc21. The van der Waals surface area contributed by atoms with Gasteiger partial charge in [0.1, 0.15) is 12.4 Å². The van der Waals surface area contributed by atoms with Crippen LogP contribution in [0.5, 0.6) is 0 Å². The Morgan fingerprint density at radius 2 is 1.52 bits per heavy atom. The van der Waals surface area contributed by atoms with Crippen LogP contribution in [0.1, 0.15) is 55.6 Å². The molecule has 1 saturated carbocycles. The number of benzene rings is 2. The van der Waals surface area contributed by atoms with Crippen molar-refractivity contribution >= 4 is 11.9 Å². The molecule has 2 aromatic rings. The fraction of sp³-hybridized carbons (Fsp3) is 0.500. The van der Waals surface area contributed by atoms with Crippen molar-refractivity contribution in [3.8, 4) is 11.1 Å². The van der Waals surface area contributed by atoms with Crippen LogP contribution in [0.4, 0.5) is 4.79 Å². The quantitative estimate of drug-likeness (QED) is 0.637. The molecule has 2 bridgehead atoms. The maximum Gasteiger partial charge on any atom is 0.410 e. The Kier molecular flexibility index (Phi) is 5.45. The van der Waals surface area contributed by atoms with Crippen LogP contribution < -0.4 is 0 Å². The molecular weight excluding hydrogens is 414 g/mol. The molecule has 0 radical (unpaired) electrons. The Labute approximate surface area is 195 Å². The van der Waals surface area contributed by atoms with Crippen molar-refractivity contribution in [2.45, 2.75) is 56.5 Å². The molecule has 3 fully saturated rings. The molecule has 5 heteroatoms. The first-order valence-corrected chi connectivity index (χ1v) is 12.4. The number of ketones is 1. The summed E-state index contributed by atoms with van der Waals surface area (Å²) in [6.07, 6.45) is 5.51. The zero-order valence-corrected chi connectivity index (χ0v) is 18.9. The number of rotatable bonds is 5. The van der Waals surface area contributed by atoms with Gasteiger partial charge in [0.2, 0.25) is 0 Å². The summed E-state index contributed by atoms with van der Waals surface area (Å²) < 4.78 is 11.7.